The molecule has 0 aliphatic heterocycles. The SMILES string of the molecule is CCn1ccc(C(=O)Nc2cnc(-c3cccc(Cl)c3)nc2)n1. The summed E-state index contributed by atoms with van der Waals surface area (Å²) in [6.45, 7) is 2.67. The van der Waals surface area contributed by atoms with Crippen molar-refractivity contribution in [2.75, 3.05) is 5.32 Å². The van der Waals surface area contributed by atoms with Gasteiger partial charge >= 0.3 is 0 Å². The predicted molar refractivity (Wildman–Crippen MR) is 88.3 cm³/mol. The van der Waals surface area contributed by atoms with Gasteiger partial charge in [0.05, 0.1) is 18.1 Å². The van der Waals surface area contributed by atoms with Gasteiger partial charge in [-0.3, -0.25) is 9.48 Å². The lowest BCUT2D eigenvalue weighted by Gasteiger charge is -2.04. The van der Waals surface area contributed by atoms with E-state index in [1.807, 2.05) is 19.1 Å². The molecular weight excluding hydrogens is 314 g/mol. The summed E-state index contributed by atoms with van der Waals surface area (Å²) in [6.07, 6.45) is 4.86. The third-order valence-corrected chi connectivity index (χ3v) is 3.42. The first kappa shape index (κ1) is 15.2. The fourth-order valence-corrected chi connectivity index (χ4v) is 2.21. The summed E-state index contributed by atoms with van der Waals surface area (Å²) in [5.74, 6) is 0.247. The largest absolute Gasteiger partial charge is 0.318 e. The van der Waals surface area contributed by atoms with Crippen molar-refractivity contribution >= 4 is 23.2 Å². The van der Waals surface area contributed by atoms with Gasteiger partial charge in [0, 0.05) is 23.3 Å². The van der Waals surface area contributed by atoms with E-state index in [1.165, 1.54) is 0 Å². The Morgan fingerprint density at radius 1 is 1.26 bits per heavy atom. The summed E-state index contributed by atoms with van der Waals surface area (Å²) in [5.41, 5.74) is 1.68. The third-order valence-electron chi connectivity index (χ3n) is 3.19. The molecule has 1 amide bonds. The normalized spacial score (nSPS) is 10.5. The van der Waals surface area contributed by atoms with Crippen molar-refractivity contribution < 1.29 is 4.79 Å². The van der Waals surface area contributed by atoms with Crippen LogP contribution in [0.25, 0.3) is 11.4 Å². The van der Waals surface area contributed by atoms with Crippen molar-refractivity contribution in [3.63, 3.8) is 0 Å². The Hall–Kier alpha value is -2.73. The van der Waals surface area contributed by atoms with Crippen LogP contribution in [-0.2, 0) is 6.54 Å². The topological polar surface area (TPSA) is 72.7 Å². The molecule has 0 fully saturated rings. The molecule has 0 aliphatic carbocycles. The van der Waals surface area contributed by atoms with Gasteiger partial charge in [-0.1, -0.05) is 23.7 Å². The molecule has 2 heterocycles. The lowest BCUT2D eigenvalue weighted by Crippen LogP contribution is -2.13. The van der Waals surface area contributed by atoms with Gasteiger partial charge in [0.1, 0.15) is 0 Å². The number of nitrogens with zero attached hydrogens (tertiary/aromatic N) is 4. The standard InChI is InChI=1S/C16H14ClN5O/c1-2-22-7-6-14(21-22)16(23)20-13-9-18-15(19-10-13)11-4-3-5-12(17)8-11/h3-10H,2H2,1H3,(H,20,23). The number of carbonyl (C=O) groups is 1. The van der Waals surface area contributed by atoms with Gasteiger partial charge in [0.25, 0.3) is 5.91 Å². The van der Waals surface area contributed by atoms with Crippen LogP contribution in [0.15, 0.2) is 48.9 Å². The first-order valence-electron chi connectivity index (χ1n) is 7.08. The average molecular weight is 328 g/mol. The molecule has 6 nitrogen and oxygen atoms in total. The minimum absolute atomic E-state index is 0.295. The predicted octanol–water partition coefficient (Wildman–Crippen LogP) is 3.27. The number of aryl methyl sites for hydroxylation is 1. The highest BCUT2D eigenvalue weighted by molar-refractivity contribution is 6.30. The zero-order valence-electron chi connectivity index (χ0n) is 12.4. The second-order valence-electron chi connectivity index (χ2n) is 4.82. The van der Waals surface area contributed by atoms with E-state index in [-0.39, 0.29) is 5.91 Å². The van der Waals surface area contributed by atoms with Crippen LogP contribution in [0, 0.1) is 0 Å². The maximum absolute atomic E-state index is 12.1. The van der Waals surface area contributed by atoms with E-state index in [0.717, 1.165) is 5.56 Å². The van der Waals surface area contributed by atoms with Crippen molar-refractivity contribution in [2.45, 2.75) is 13.5 Å². The number of anilines is 1. The van der Waals surface area contributed by atoms with Crippen LogP contribution in [0.3, 0.4) is 0 Å². The lowest BCUT2D eigenvalue weighted by molar-refractivity contribution is 0.102. The van der Waals surface area contributed by atoms with Crippen molar-refractivity contribution in [1.82, 2.24) is 19.7 Å². The quantitative estimate of drug-likeness (QED) is 0.798. The molecule has 0 radical (unpaired) electrons. The van der Waals surface area contributed by atoms with E-state index in [1.54, 1.807) is 41.5 Å². The van der Waals surface area contributed by atoms with E-state index in [4.69, 9.17) is 11.6 Å². The van der Waals surface area contributed by atoms with Gasteiger partial charge in [-0.15, -0.1) is 0 Å². The second-order valence-corrected chi connectivity index (χ2v) is 5.25. The lowest BCUT2D eigenvalue weighted by atomic mass is 10.2. The molecule has 0 aliphatic rings. The van der Waals surface area contributed by atoms with Gasteiger partial charge in [-0.25, -0.2) is 9.97 Å². The molecule has 0 unspecified atom stereocenters. The molecule has 0 spiro atoms. The number of aromatic nitrogens is 4. The second kappa shape index (κ2) is 6.58. The number of nitrogens with one attached hydrogen (secondary N) is 1. The highest BCUT2D eigenvalue weighted by Gasteiger charge is 2.10. The Morgan fingerprint density at radius 3 is 2.70 bits per heavy atom. The maximum Gasteiger partial charge on any atom is 0.276 e. The Morgan fingerprint density at radius 2 is 2.04 bits per heavy atom. The van der Waals surface area contributed by atoms with Crippen LogP contribution in [0.5, 0.6) is 0 Å². The van der Waals surface area contributed by atoms with Crippen LogP contribution in [0.4, 0.5) is 5.69 Å². The van der Waals surface area contributed by atoms with E-state index in [0.29, 0.717) is 28.8 Å². The summed E-state index contributed by atoms with van der Waals surface area (Å²) in [5, 5.41) is 7.49. The van der Waals surface area contributed by atoms with Crippen LogP contribution >= 0.6 is 11.6 Å². The van der Waals surface area contributed by atoms with E-state index in [2.05, 4.69) is 20.4 Å². The number of amides is 1. The van der Waals surface area contributed by atoms with Gasteiger partial charge in [-0.2, -0.15) is 5.10 Å². The molecule has 1 N–H and O–H groups in total. The minimum Gasteiger partial charge on any atom is -0.318 e. The van der Waals surface area contributed by atoms with Gasteiger partial charge in [0.2, 0.25) is 0 Å². The van der Waals surface area contributed by atoms with Crippen molar-refractivity contribution in [1.29, 1.82) is 0 Å². The van der Waals surface area contributed by atoms with E-state index < -0.39 is 0 Å². The monoisotopic (exact) mass is 327 g/mol. The highest BCUT2D eigenvalue weighted by Crippen LogP contribution is 2.19. The molecule has 23 heavy (non-hydrogen) atoms. The molecule has 3 rings (SSSR count). The Kier molecular flexibility index (Phi) is 4.34. The Bertz CT molecular complexity index is 828. The molecule has 0 bridgehead atoms. The smallest absolute Gasteiger partial charge is 0.276 e. The summed E-state index contributed by atoms with van der Waals surface area (Å²) in [7, 11) is 0. The van der Waals surface area contributed by atoms with Gasteiger partial charge in [-0.05, 0) is 25.1 Å². The molecule has 2 aromatic heterocycles. The summed E-state index contributed by atoms with van der Waals surface area (Å²) in [6, 6.07) is 8.94. The summed E-state index contributed by atoms with van der Waals surface area (Å²) in [4.78, 5) is 20.6. The van der Waals surface area contributed by atoms with Crippen molar-refractivity contribution in [3.8, 4) is 11.4 Å². The zero-order valence-corrected chi connectivity index (χ0v) is 13.2. The third kappa shape index (κ3) is 3.54. The van der Waals surface area contributed by atoms with Crippen LogP contribution in [-0.4, -0.2) is 25.7 Å². The van der Waals surface area contributed by atoms with Crippen LogP contribution < -0.4 is 5.32 Å². The van der Waals surface area contributed by atoms with E-state index in [9.17, 15) is 4.79 Å². The van der Waals surface area contributed by atoms with Gasteiger partial charge < -0.3 is 5.32 Å². The van der Waals surface area contributed by atoms with Crippen LogP contribution in [0.2, 0.25) is 5.02 Å². The number of rotatable bonds is 4. The Balaban J connectivity index is 1.73. The first-order valence-corrected chi connectivity index (χ1v) is 7.46. The number of hydrogen-bond donors (Lipinski definition) is 1. The zero-order chi connectivity index (χ0) is 16.2. The fraction of sp³-hybridized carbons (Fsp3) is 0.125. The molecule has 116 valence electrons. The minimum atomic E-state index is -0.295. The summed E-state index contributed by atoms with van der Waals surface area (Å²) < 4.78 is 1.69. The number of hydrogen-bond acceptors (Lipinski definition) is 4. The highest BCUT2D eigenvalue weighted by atomic mass is 35.5. The molecular formula is C16H14ClN5O. The fourth-order valence-electron chi connectivity index (χ4n) is 2.02. The molecule has 0 atom stereocenters. The Labute approximate surface area is 138 Å². The van der Waals surface area contributed by atoms with Crippen molar-refractivity contribution in [3.05, 3.63) is 59.6 Å². The number of benzene rings is 1. The number of carbonyl (C=O) groups excluding carboxylic acids is 1. The molecule has 7 heteroatoms. The molecule has 0 saturated heterocycles. The summed E-state index contributed by atoms with van der Waals surface area (Å²) >= 11 is 5.96. The molecule has 3 aromatic rings. The molecule has 0 saturated carbocycles. The van der Waals surface area contributed by atoms with Crippen LogP contribution in [0.1, 0.15) is 17.4 Å². The van der Waals surface area contributed by atoms with E-state index >= 15 is 0 Å². The first-order chi connectivity index (χ1) is 11.2. The maximum atomic E-state index is 12.1. The van der Waals surface area contributed by atoms with Crippen molar-refractivity contribution in [2.24, 2.45) is 0 Å². The average Bonchev–Trinajstić information content (AvgIpc) is 3.05. The number of halogens is 1. The van der Waals surface area contributed by atoms with Gasteiger partial charge in [0.15, 0.2) is 11.5 Å². The molecule has 1 aromatic carbocycles.